The molecule has 1 fully saturated rings. The van der Waals surface area contributed by atoms with Crippen molar-refractivity contribution in [3.05, 3.63) is 29.3 Å². The number of hydrogen-bond donors (Lipinski definition) is 1. The minimum atomic E-state index is -3.59. The smallest absolute Gasteiger partial charge is 0.244 e. The van der Waals surface area contributed by atoms with E-state index >= 15 is 0 Å². The van der Waals surface area contributed by atoms with Crippen molar-refractivity contribution in [1.29, 1.82) is 0 Å². The molecule has 8 heteroatoms. The second-order valence-corrected chi connectivity index (χ2v) is 8.15. The Morgan fingerprint density at radius 3 is 2.39 bits per heavy atom. The largest absolute Gasteiger partial charge is 0.353 e. The number of amides is 1. The highest BCUT2D eigenvalue weighted by Gasteiger charge is 2.30. The van der Waals surface area contributed by atoms with Crippen LogP contribution in [0.4, 0.5) is 0 Å². The fourth-order valence-electron chi connectivity index (χ4n) is 2.49. The monoisotopic (exact) mass is 359 g/mol. The van der Waals surface area contributed by atoms with Gasteiger partial charge in [0, 0.05) is 32.2 Å². The Hall–Kier alpha value is -1.15. The molecule has 1 saturated heterocycles. The van der Waals surface area contributed by atoms with Crippen LogP contribution in [0.15, 0.2) is 29.2 Å². The molecule has 0 atom stereocenters. The van der Waals surface area contributed by atoms with Gasteiger partial charge >= 0.3 is 0 Å². The maximum absolute atomic E-state index is 12.6. The van der Waals surface area contributed by atoms with E-state index in [4.69, 9.17) is 11.6 Å². The molecule has 1 aromatic rings. The van der Waals surface area contributed by atoms with Crippen molar-refractivity contribution in [2.45, 2.75) is 24.8 Å². The van der Waals surface area contributed by atoms with Gasteiger partial charge in [-0.05, 0) is 26.0 Å². The number of rotatable bonds is 5. The Labute approximate surface area is 142 Å². The average Bonchev–Trinajstić information content (AvgIpc) is 2.47. The van der Waals surface area contributed by atoms with E-state index in [-0.39, 0.29) is 28.4 Å². The first-order chi connectivity index (χ1) is 10.8. The van der Waals surface area contributed by atoms with Crippen LogP contribution in [0.1, 0.15) is 13.8 Å². The lowest BCUT2D eigenvalue weighted by molar-refractivity contribution is -0.123. The summed E-state index contributed by atoms with van der Waals surface area (Å²) in [4.78, 5) is 13.9. The Bertz CT molecular complexity index is 656. The number of nitrogens with zero attached hydrogens (tertiary/aromatic N) is 2. The van der Waals surface area contributed by atoms with Crippen molar-refractivity contribution in [1.82, 2.24) is 14.5 Å². The van der Waals surface area contributed by atoms with Gasteiger partial charge in [0.05, 0.1) is 11.6 Å². The van der Waals surface area contributed by atoms with Crippen LogP contribution in [0.25, 0.3) is 0 Å². The van der Waals surface area contributed by atoms with E-state index in [1.165, 1.54) is 10.4 Å². The highest BCUT2D eigenvalue weighted by molar-refractivity contribution is 7.89. The van der Waals surface area contributed by atoms with Gasteiger partial charge in [0.25, 0.3) is 0 Å². The van der Waals surface area contributed by atoms with Gasteiger partial charge in [-0.15, -0.1) is 0 Å². The van der Waals surface area contributed by atoms with Crippen LogP contribution in [-0.2, 0) is 14.8 Å². The van der Waals surface area contributed by atoms with E-state index in [0.717, 1.165) is 0 Å². The number of carbonyl (C=O) groups is 1. The molecule has 0 radical (unpaired) electrons. The third kappa shape index (κ3) is 4.67. The summed E-state index contributed by atoms with van der Waals surface area (Å²) < 4.78 is 26.7. The van der Waals surface area contributed by atoms with Crippen LogP contribution in [-0.4, -0.2) is 62.3 Å². The molecule has 0 aromatic heterocycles. The molecular formula is C15H22ClN3O3S. The van der Waals surface area contributed by atoms with Gasteiger partial charge in [-0.25, -0.2) is 8.42 Å². The molecule has 6 nitrogen and oxygen atoms in total. The van der Waals surface area contributed by atoms with E-state index in [0.29, 0.717) is 26.2 Å². The zero-order valence-corrected chi connectivity index (χ0v) is 14.9. The minimum Gasteiger partial charge on any atom is -0.353 e. The SMILES string of the molecule is CC(C)NC(=O)CN1CCN(S(=O)(=O)c2ccccc2Cl)CC1. The highest BCUT2D eigenvalue weighted by Crippen LogP contribution is 2.24. The van der Waals surface area contributed by atoms with E-state index in [1.54, 1.807) is 18.2 Å². The first-order valence-corrected chi connectivity index (χ1v) is 9.39. The van der Waals surface area contributed by atoms with Gasteiger partial charge < -0.3 is 5.32 Å². The lowest BCUT2D eigenvalue weighted by Gasteiger charge is -2.33. The van der Waals surface area contributed by atoms with Gasteiger partial charge in [-0.1, -0.05) is 23.7 Å². The number of carbonyl (C=O) groups excluding carboxylic acids is 1. The van der Waals surface area contributed by atoms with Crippen molar-refractivity contribution < 1.29 is 13.2 Å². The van der Waals surface area contributed by atoms with E-state index < -0.39 is 10.0 Å². The zero-order chi connectivity index (χ0) is 17.0. The normalized spacial score (nSPS) is 17.4. The topological polar surface area (TPSA) is 69.7 Å². The van der Waals surface area contributed by atoms with Gasteiger partial charge in [0.2, 0.25) is 15.9 Å². The van der Waals surface area contributed by atoms with Crippen LogP contribution in [0.2, 0.25) is 5.02 Å². The quantitative estimate of drug-likeness (QED) is 0.856. The van der Waals surface area contributed by atoms with Crippen LogP contribution in [0.5, 0.6) is 0 Å². The number of halogens is 1. The fourth-order valence-corrected chi connectivity index (χ4v) is 4.41. The van der Waals surface area contributed by atoms with Crippen molar-refractivity contribution in [3.63, 3.8) is 0 Å². The number of benzene rings is 1. The molecule has 0 bridgehead atoms. The first kappa shape index (κ1) is 18.2. The summed E-state index contributed by atoms with van der Waals surface area (Å²) in [5.74, 6) is -0.0394. The summed E-state index contributed by atoms with van der Waals surface area (Å²) in [6, 6.07) is 6.54. The maximum Gasteiger partial charge on any atom is 0.244 e. The van der Waals surface area contributed by atoms with Crippen LogP contribution in [0.3, 0.4) is 0 Å². The van der Waals surface area contributed by atoms with E-state index in [9.17, 15) is 13.2 Å². The number of sulfonamides is 1. The lowest BCUT2D eigenvalue weighted by Crippen LogP contribution is -2.51. The van der Waals surface area contributed by atoms with E-state index in [2.05, 4.69) is 5.32 Å². The number of nitrogens with one attached hydrogen (secondary N) is 1. The zero-order valence-electron chi connectivity index (χ0n) is 13.3. The van der Waals surface area contributed by atoms with Gasteiger partial charge in [0.1, 0.15) is 4.90 Å². The maximum atomic E-state index is 12.6. The molecule has 0 spiro atoms. The molecule has 1 N–H and O–H groups in total. The fraction of sp³-hybridized carbons (Fsp3) is 0.533. The molecule has 0 saturated carbocycles. The standard InChI is InChI=1S/C15H22ClN3O3S/c1-12(2)17-15(20)11-18-7-9-19(10-8-18)23(21,22)14-6-4-3-5-13(14)16/h3-6,12H,7-11H2,1-2H3,(H,17,20). The summed E-state index contributed by atoms with van der Waals surface area (Å²) in [7, 11) is -3.59. The van der Waals surface area contributed by atoms with Crippen LogP contribution >= 0.6 is 11.6 Å². The Balaban J connectivity index is 1.96. The van der Waals surface area contributed by atoms with Crippen molar-refractivity contribution in [2.75, 3.05) is 32.7 Å². The molecule has 0 unspecified atom stereocenters. The van der Waals surface area contributed by atoms with Gasteiger partial charge in [0.15, 0.2) is 0 Å². The third-order valence-corrected chi connectivity index (χ3v) is 6.00. The van der Waals surface area contributed by atoms with Crippen molar-refractivity contribution in [3.8, 4) is 0 Å². The summed E-state index contributed by atoms with van der Waals surface area (Å²) in [5.41, 5.74) is 0. The van der Waals surface area contributed by atoms with Gasteiger partial charge in [-0.3, -0.25) is 9.69 Å². The number of piperazine rings is 1. The molecule has 0 aliphatic carbocycles. The predicted octanol–water partition coefficient (Wildman–Crippen LogP) is 1.17. The lowest BCUT2D eigenvalue weighted by atomic mass is 10.3. The Morgan fingerprint density at radius 1 is 1.22 bits per heavy atom. The van der Waals surface area contributed by atoms with Crippen LogP contribution < -0.4 is 5.32 Å². The molecule has 1 aliphatic heterocycles. The summed E-state index contributed by atoms with van der Waals surface area (Å²) in [5, 5.41) is 3.06. The summed E-state index contributed by atoms with van der Waals surface area (Å²) in [6.45, 7) is 5.85. The molecule has 23 heavy (non-hydrogen) atoms. The minimum absolute atomic E-state index is 0.0394. The third-order valence-electron chi connectivity index (χ3n) is 3.60. The molecule has 1 aliphatic rings. The molecule has 1 heterocycles. The van der Waals surface area contributed by atoms with Crippen molar-refractivity contribution >= 4 is 27.5 Å². The number of hydrogen-bond acceptors (Lipinski definition) is 4. The Morgan fingerprint density at radius 2 is 1.83 bits per heavy atom. The summed E-state index contributed by atoms with van der Waals surface area (Å²) in [6.07, 6.45) is 0. The molecule has 128 valence electrons. The first-order valence-electron chi connectivity index (χ1n) is 7.57. The molecule has 2 rings (SSSR count). The second-order valence-electron chi connectivity index (χ2n) is 5.83. The molecular weight excluding hydrogens is 338 g/mol. The molecule has 1 amide bonds. The van der Waals surface area contributed by atoms with Gasteiger partial charge in [-0.2, -0.15) is 4.31 Å². The highest BCUT2D eigenvalue weighted by atomic mass is 35.5. The summed E-state index contributed by atoms with van der Waals surface area (Å²) >= 11 is 6.00. The molecule has 1 aromatic carbocycles. The van der Waals surface area contributed by atoms with Crippen LogP contribution in [0, 0.1) is 0 Å². The predicted molar refractivity (Wildman–Crippen MR) is 89.9 cm³/mol. The van der Waals surface area contributed by atoms with Crippen molar-refractivity contribution in [2.24, 2.45) is 0 Å². The second kappa shape index (κ2) is 7.61. The van der Waals surface area contributed by atoms with E-state index in [1.807, 2.05) is 18.7 Å². The Kier molecular flexibility index (Phi) is 6.02. The average molecular weight is 360 g/mol.